The summed E-state index contributed by atoms with van der Waals surface area (Å²) in [5.74, 6) is -1.57. The number of hydrogen-bond donors (Lipinski definition) is 1. The molecule has 0 amide bonds. The maximum absolute atomic E-state index is 15.0. The lowest BCUT2D eigenvalue weighted by atomic mass is 9.68. The molecule has 0 unspecified atom stereocenters. The minimum absolute atomic E-state index is 0.0757. The van der Waals surface area contributed by atoms with Crippen molar-refractivity contribution in [1.82, 2.24) is 5.32 Å². The summed E-state index contributed by atoms with van der Waals surface area (Å²) in [6.45, 7) is 7.72. The number of allylic oxidation sites excluding steroid dienone is 3. The van der Waals surface area contributed by atoms with Gasteiger partial charge in [0, 0.05) is 35.0 Å². The van der Waals surface area contributed by atoms with Crippen LogP contribution in [0.2, 0.25) is 0 Å². The maximum Gasteiger partial charge on any atom is 0.336 e. The highest BCUT2D eigenvalue weighted by Crippen LogP contribution is 2.47. The molecule has 150 valence electrons. The summed E-state index contributed by atoms with van der Waals surface area (Å²) < 4.78 is 25.3. The van der Waals surface area contributed by atoms with E-state index in [4.69, 9.17) is 9.47 Å². The Hall–Kier alpha value is -2.63. The second-order valence-corrected chi connectivity index (χ2v) is 8.04. The number of carbonyl (C=O) groups excluding carboxylic acids is 2. The molecule has 0 aromatic heterocycles. The van der Waals surface area contributed by atoms with Crippen LogP contribution in [0.1, 0.15) is 52.0 Å². The summed E-state index contributed by atoms with van der Waals surface area (Å²) in [7, 11) is 1.46. The quantitative estimate of drug-likeness (QED) is 0.791. The van der Waals surface area contributed by atoms with Gasteiger partial charge in [-0.25, -0.2) is 9.18 Å². The second-order valence-electron chi connectivity index (χ2n) is 8.04. The topological polar surface area (TPSA) is 64.6 Å². The predicted octanol–water partition coefficient (Wildman–Crippen LogP) is 4.00. The molecule has 1 aliphatic heterocycles. The zero-order valence-electron chi connectivity index (χ0n) is 16.9. The van der Waals surface area contributed by atoms with Gasteiger partial charge in [0.1, 0.15) is 11.6 Å². The molecule has 1 aliphatic carbocycles. The molecule has 0 spiro atoms. The van der Waals surface area contributed by atoms with Crippen LogP contribution in [-0.2, 0) is 14.3 Å². The second kappa shape index (κ2) is 7.41. The van der Waals surface area contributed by atoms with Gasteiger partial charge >= 0.3 is 5.97 Å². The number of benzene rings is 1. The standard InChI is InChI=1S/C22H26FNO4/c1-6-28-21(26)18-12(2)24-16-10-22(3,4)11-17(25)20(16)19(18)14-8-7-13(27-5)9-15(14)23/h7-9,19,24H,6,10-11H2,1-5H3/t19-/m0/s1. The molecule has 0 saturated heterocycles. The lowest BCUT2D eigenvalue weighted by molar-refractivity contribution is -0.138. The molecule has 1 aromatic carbocycles. The van der Waals surface area contributed by atoms with Gasteiger partial charge in [0.05, 0.1) is 25.2 Å². The van der Waals surface area contributed by atoms with Crippen molar-refractivity contribution >= 4 is 11.8 Å². The van der Waals surface area contributed by atoms with Gasteiger partial charge in [0.15, 0.2) is 5.78 Å². The van der Waals surface area contributed by atoms with Crippen molar-refractivity contribution < 1.29 is 23.5 Å². The molecule has 6 heteroatoms. The van der Waals surface area contributed by atoms with Crippen molar-refractivity contribution in [2.75, 3.05) is 13.7 Å². The van der Waals surface area contributed by atoms with E-state index in [1.807, 2.05) is 13.8 Å². The van der Waals surface area contributed by atoms with Crippen LogP contribution in [0.25, 0.3) is 0 Å². The number of ketones is 1. The summed E-state index contributed by atoms with van der Waals surface area (Å²) in [6, 6.07) is 4.48. The Morgan fingerprint density at radius 1 is 1.32 bits per heavy atom. The first-order valence-corrected chi connectivity index (χ1v) is 9.43. The monoisotopic (exact) mass is 387 g/mol. The van der Waals surface area contributed by atoms with Gasteiger partial charge in [0.25, 0.3) is 0 Å². The molecular weight excluding hydrogens is 361 g/mol. The van der Waals surface area contributed by atoms with E-state index in [2.05, 4.69) is 5.32 Å². The first-order valence-electron chi connectivity index (χ1n) is 9.43. The minimum atomic E-state index is -0.801. The summed E-state index contributed by atoms with van der Waals surface area (Å²) in [4.78, 5) is 25.8. The third kappa shape index (κ3) is 3.55. The highest BCUT2D eigenvalue weighted by atomic mass is 19.1. The lowest BCUT2D eigenvalue weighted by Crippen LogP contribution is -2.39. The number of rotatable bonds is 4. The summed E-state index contributed by atoms with van der Waals surface area (Å²) >= 11 is 0. The normalized spacial score (nSPS) is 21.2. The number of esters is 1. The van der Waals surface area contributed by atoms with E-state index >= 15 is 4.39 Å². The van der Waals surface area contributed by atoms with Crippen LogP contribution in [0.5, 0.6) is 5.75 Å². The highest BCUT2D eigenvalue weighted by Gasteiger charge is 2.43. The van der Waals surface area contributed by atoms with Gasteiger partial charge in [-0.1, -0.05) is 19.9 Å². The first kappa shape index (κ1) is 20.1. The number of hydrogen-bond acceptors (Lipinski definition) is 5. The maximum atomic E-state index is 15.0. The molecule has 1 aromatic rings. The molecule has 0 fully saturated rings. The molecule has 2 aliphatic rings. The van der Waals surface area contributed by atoms with Crippen molar-refractivity contribution in [3.8, 4) is 5.75 Å². The van der Waals surface area contributed by atoms with Crippen LogP contribution in [0, 0.1) is 11.2 Å². The zero-order valence-corrected chi connectivity index (χ0v) is 16.9. The smallest absolute Gasteiger partial charge is 0.336 e. The third-order valence-corrected chi connectivity index (χ3v) is 5.25. The van der Waals surface area contributed by atoms with Crippen LogP contribution >= 0.6 is 0 Å². The average molecular weight is 387 g/mol. The van der Waals surface area contributed by atoms with E-state index in [9.17, 15) is 9.59 Å². The molecular formula is C22H26FNO4. The van der Waals surface area contributed by atoms with Crippen molar-refractivity contribution in [2.45, 2.75) is 46.5 Å². The number of nitrogens with one attached hydrogen (secondary N) is 1. The van der Waals surface area contributed by atoms with E-state index in [1.54, 1.807) is 26.0 Å². The van der Waals surface area contributed by atoms with Crippen molar-refractivity contribution in [2.24, 2.45) is 5.41 Å². The van der Waals surface area contributed by atoms with Crippen LogP contribution in [0.4, 0.5) is 4.39 Å². The highest BCUT2D eigenvalue weighted by molar-refractivity contribution is 6.04. The Labute approximate surface area is 164 Å². The minimum Gasteiger partial charge on any atom is -0.497 e. The van der Waals surface area contributed by atoms with Gasteiger partial charge in [-0.15, -0.1) is 0 Å². The molecule has 1 N–H and O–H groups in total. The van der Waals surface area contributed by atoms with Crippen molar-refractivity contribution in [1.29, 1.82) is 0 Å². The van der Waals surface area contributed by atoms with Crippen LogP contribution < -0.4 is 10.1 Å². The third-order valence-electron chi connectivity index (χ3n) is 5.25. The van der Waals surface area contributed by atoms with Gasteiger partial charge in [0.2, 0.25) is 0 Å². The number of carbonyl (C=O) groups is 2. The zero-order chi connectivity index (χ0) is 20.6. The van der Waals surface area contributed by atoms with Crippen molar-refractivity contribution in [3.63, 3.8) is 0 Å². The van der Waals surface area contributed by atoms with Gasteiger partial charge in [-0.3, -0.25) is 4.79 Å². The molecule has 5 nitrogen and oxygen atoms in total. The van der Waals surface area contributed by atoms with Crippen LogP contribution in [0.15, 0.2) is 40.7 Å². The number of methoxy groups -OCH3 is 1. The molecule has 0 bridgehead atoms. The Morgan fingerprint density at radius 2 is 2.04 bits per heavy atom. The Kier molecular flexibility index (Phi) is 5.33. The van der Waals surface area contributed by atoms with E-state index in [0.29, 0.717) is 29.9 Å². The van der Waals surface area contributed by atoms with E-state index in [1.165, 1.54) is 13.2 Å². The van der Waals surface area contributed by atoms with Gasteiger partial charge in [-0.05, 0) is 31.7 Å². The van der Waals surface area contributed by atoms with E-state index < -0.39 is 17.7 Å². The van der Waals surface area contributed by atoms with E-state index in [-0.39, 0.29) is 28.9 Å². The first-order chi connectivity index (χ1) is 13.2. The average Bonchev–Trinajstić information content (AvgIpc) is 2.59. The molecule has 28 heavy (non-hydrogen) atoms. The SMILES string of the molecule is CCOC(=O)C1=C(C)NC2=C(C(=O)CC(C)(C)C2)[C@H]1c1ccc(OC)cc1F. The fraction of sp³-hybridized carbons (Fsp3) is 0.455. The molecule has 0 saturated carbocycles. The Bertz CT molecular complexity index is 898. The summed E-state index contributed by atoms with van der Waals surface area (Å²) in [5.41, 5.74) is 2.14. The molecule has 3 rings (SSSR count). The van der Waals surface area contributed by atoms with Crippen LogP contribution in [-0.4, -0.2) is 25.5 Å². The number of dihydropyridines is 1. The summed E-state index contributed by atoms with van der Waals surface area (Å²) in [5, 5.41) is 3.23. The largest absolute Gasteiger partial charge is 0.497 e. The number of Topliss-reactive ketones (excluding diaryl/α,β-unsaturated/α-hetero) is 1. The number of ether oxygens (including phenoxy) is 2. The lowest BCUT2D eigenvalue weighted by Gasteiger charge is -2.39. The van der Waals surface area contributed by atoms with E-state index in [0.717, 1.165) is 5.70 Å². The fourth-order valence-corrected chi connectivity index (χ4v) is 4.10. The van der Waals surface area contributed by atoms with Gasteiger partial charge in [-0.2, -0.15) is 0 Å². The van der Waals surface area contributed by atoms with Crippen LogP contribution in [0.3, 0.4) is 0 Å². The Morgan fingerprint density at radius 3 is 2.64 bits per heavy atom. The predicted molar refractivity (Wildman–Crippen MR) is 103 cm³/mol. The molecule has 1 atom stereocenters. The number of halogens is 1. The van der Waals surface area contributed by atoms with Gasteiger partial charge < -0.3 is 14.8 Å². The molecule has 0 radical (unpaired) electrons. The Balaban J connectivity index is 2.21. The summed E-state index contributed by atoms with van der Waals surface area (Å²) in [6.07, 6.45) is 0.993. The molecule has 1 heterocycles. The van der Waals surface area contributed by atoms with Crippen molar-refractivity contribution in [3.05, 3.63) is 52.1 Å². The fourth-order valence-electron chi connectivity index (χ4n) is 4.10.